The molecule has 5 nitrogen and oxygen atoms in total. The van der Waals surface area contributed by atoms with Gasteiger partial charge in [-0.25, -0.2) is 16.5 Å². The smallest absolute Gasteiger partial charge is 0.275 e. The third-order valence-electron chi connectivity index (χ3n) is 0.444. The van der Waals surface area contributed by atoms with Crippen molar-refractivity contribution in [2.24, 2.45) is 11.7 Å². The van der Waals surface area contributed by atoms with E-state index in [9.17, 15) is 4.79 Å². The van der Waals surface area contributed by atoms with Crippen LogP contribution in [0.15, 0.2) is 0 Å². The molecule has 0 saturated heterocycles. The molecule has 7 heavy (non-hydrogen) atoms. The van der Waals surface area contributed by atoms with E-state index >= 15 is 0 Å². The number of nitrogens with one attached hydrogen (secondary N) is 1. The maximum absolute atomic E-state index is 10.1. The van der Waals surface area contributed by atoms with E-state index in [1.807, 2.05) is 5.43 Å². The molecule has 0 bridgehead atoms. The van der Waals surface area contributed by atoms with Gasteiger partial charge >= 0.3 is 6.03 Å². The van der Waals surface area contributed by atoms with Gasteiger partial charge in [-0.05, 0) is 0 Å². The lowest BCUT2D eigenvalue weighted by molar-refractivity contribution is 0.210. The molecule has 0 unspecified atom stereocenters. The molecule has 42 valence electrons. The molecule has 0 aromatic heterocycles. The maximum atomic E-state index is 10.1. The normalized spacial score (nSPS) is 7.86. The van der Waals surface area contributed by atoms with Gasteiger partial charge in [-0.1, -0.05) is 0 Å². The van der Waals surface area contributed by atoms with Crippen LogP contribution in [0.3, 0.4) is 0 Å². The molecule has 0 heterocycles. The zero-order valence-electron chi connectivity index (χ0n) is 4.01. The van der Waals surface area contributed by atoms with Crippen molar-refractivity contribution in [2.75, 3.05) is 7.05 Å². The summed E-state index contributed by atoms with van der Waals surface area (Å²) in [5, 5.41) is 0.847. The predicted molar refractivity (Wildman–Crippen MR) is 24.7 cm³/mol. The summed E-state index contributed by atoms with van der Waals surface area (Å²) in [6.07, 6.45) is 0. The van der Waals surface area contributed by atoms with Crippen molar-refractivity contribution in [1.29, 1.82) is 0 Å². The number of urea groups is 1. The van der Waals surface area contributed by atoms with Crippen LogP contribution < -0.4 is 17.1 Å². The van der Waals surface area contributed by atoms with Gasteiger partial charge in [0.15, 0.2) is 0 Å². The minimum absolute atomic E-state index is 0.514. The number of carbonyl (C=O) groups excluding carboxylic acids is 1. The summed E-state index contributed by atoms with van der Waals surface area (Å²) in [4.78, 5) is 10.1. The molecule has 5 heteroatoms. The third kappa shape index (κ3) is 1.96. The Morgan fingerprint density at radius 2 is 2.29 bits per heavy atom. The van der Waals surface area contributed by atoms with Crippen molar-refractivity contribution < 1.29 is 4.79 Å². The predicted octanol–water partition coefficient (Wildman–Crippen LogP) is -1.62. The molecular formula is C2H8N4O. The second-order valence-electron chi connectivity index (χ2n) is 1.06. The quantitative estimate of drug-likeness (QED) is 0.196. The first kappa shape index (κ1) is 6.19. The van der Waals surface area contributed by atoms with Crippen molar-refractivity contribution in [2.45, 2.75) is 0 Å². The molecule has 0 aliphatic carbocycles. The van der Waals surface area contributed by atoms with Gasteiger partial charge in [0.25, 0.3) is 0 Å². The summed E-state index contributed by atoms with van der Waals surface area (Å²) in [5.41, 5.74) is 1.83. The van der Waals surface area contributed by atoms with Crippen molar-refractivity contribution in [3.05, 3.63) is 0 Å². The Morgan fingerprint density at radius 1 is 1.86 bits per heavy atom. The summed E-state index contributed by atoms with van der Waals surface area (Å²) in [6, 6.07) is -0.514. The third-order valence-corrected chi connectivity index (χ3v) is 0.444. The molecule has 0 aliphatic rings. The Morgan fingerprint density at radius 3 is 2.29 bits per heavy atom. The zero-order valence-corrected chi connectivity index (χ0v) is 4.01. The maximum Gasteiger partial charge on any atom is 0.345 e. The van der Waals surface area contributed by atoms with Crippen molar-refractivity contribution >= 4 is 6.03 Å². The highest BCUT2D eigenvalue weighted by Crippen LogP contribution is 1.64. The zero-order chi connectivity index (χ0) is 5.86. The molecule has 0 aliphatic heterocycles. The Labute approximate surface area is 41.2 Å². The Hall–Kier alpha value is -0.810. The Bertz CT molecular complexity index is 70.1. The molecule has 5 N–H and O–H groups in total. The highest BCUT2D eigenvalue weighted by Gasteiger charge is 1.95. The molecule has 0 spiro atoms. The summed E-state index contributed by atoms with van der Waals surface area (Å²) < 4.78 is 0. The lowest BCUT2D eigenvalue weighted by Gasteiger charge is -2.06. The van der Waals surface area contributed by atoms with Crippen molar-refractivity contribution in [3.63, 3.8) is 0 Å². The first-order valence-corrected chi connectivity index (χ1v) is 1.67. The van der Waals surface area contributed by atoms with E-state index in [2.05, 4.69) is 5.84 Å². The Kier molecular flexibility index (Phi) is 2.10. The van der Waals surface area contributed by atoms with Crippen LogP contribution >= 0.6 is 0 Å². The van der Waals surface area contributed by atoms with Gasteiger partial charge in [-0.3, -0.25) is 10.4 Å². The van der Waals surface area contributed by atoms with Crippen LogP contribution in [0.1, 0.15) is 0 Å². The molecule has 0 aromatic rings. The molecule has 0 fully saturated rings. The molecule has 0 radical (unpaired) electrons. The average molecular weight is 104 g/mol. The standard InChI is InChI=1S/C2H8N4O/c1-6(4)2(7)5-3/h3-4H2,1H3,(H,5,7). The highest BCUT2D eigenvalue weighted by molar-refractivity contribution is 5.72. The van der Waals surface area contributed by atoms with Crippen LogP contribution in [0, 0.1) is 0 Å². The minimum Gasteiger partial charge on any atom is -0.275 e. The van der Waals surface area contributed by atoms with Crippen LogP contribution in [0.4, 0.5) is 4.79 Å². The van der Waals surface area contributed by atoms with E-state index in [0.29, 0.717) is 0 Å². The lowest BCUT2D eigenvalue weighted by Crippen LogP contribution is -2.44. The molecule has 0 saturated carbocycles. The van der Waals surface area contributed by atoms with Crippen LogP contribution in [0.25, 0.3) is 0 Å². The number of carbonyl (C=O) groups is 1. The molecular weight excluding hydrogens is 96.0 g/mol. The van der Waals surface area contributed by atoms with E-state index in [4.69, 9.17) is 5.84 Å². The van der Waals surface area contributed by atoms with E-state index in [0.717, 1.165) is 5.01 Å². The fourth-order valence-electron chi connectivity index (χ4n) is 0.102. The molecule has 0 atom stereocenters. The minimum atomic E-state index is -0.514. The Balaban J connectivity index is 3.35. The van der Waals surface area contributed by atoms with Gasteiger partial charge in [0.2, 0.25) is 0 Å². The monoisotopic (exact) mass is 104 g/mol. The van der Waals surface area contributed by atoms with E-state index in [1.54, 1.807) is 0 Å². The van der Waals surface area contributed by atoms with Crippen LogP contribution in [0.5, 0.6) is 0 Å². The van der Waals surface area contributed by atoms with E-state index < -0.39 is 6.03 Å². The van der Waals surface area contributed by atoms with Crippen LogP contribution in [-0.4, -0.2) is 18.1 Å². The fourth-order valence-corrected chi connectivity index (χ4v) is 0.102. The van der Waals surface area contributed by atoms with Gasteiger partial charge in [-0.2, -0.15) is 0 Å². The second kappa shape index (κ2) is 2.38. The van der Waals surface area contributed by atoms with Crippen molar-refractivity contribution in [3.8, 4) is 0 Å². The van der Waals surface area contributed by atoms with E-state index in [-0.39, 0.29) is 0 Å². The summed E-state index contributed by atoms with van der Waals surface area (Å²) in [5.74, 6) is 9.54. The first-order valence-electron chi connectivity index (χ1n) is 1.67. The van der Waals surface area contributed by atoms with Gasteiger partial charge in [0.1, 0.15) is 0 Å². The first-order chi connectivity index (χ1) is 3.18. The number of hydrogen-bond acceptors (Lipinski definition) is 3. The SMILES string of the molecule is CN(N)C(=O)NN. The summed E-state index contributed by atoms with van der Waals surface area (Å²) in [6.45, 7) is 0. The van der Waals surface area contributed by atoms with Gasteiger partial charge < -0.3 is 0 Å². The topological polar surface area (TPSA) is 84.4 Å². The van der Waals surface area contributed by atoms with Crippen LogP contribution in [0.2, 0.25) is 0 Å². The number of hydrazine groups is 2. The molecule has 2 amide bonds. The van der Waals surface area contributed by atoms with Crippen molar-refractivity contribution in [1.82, 2.24) is 10.4 Å². The average Bonchev–Trinajstić information content (AvgIpc) is 1.65. The number of hydrogen-bond donors (Lipinski definition) is 3. The number of rotatable bonds is 0. The lowest BCUT2D eigenvalue weighted by atomic mass is 11.0. The molecule has 0 rings (SSSR count). The van der Waals surface area contributed by atoms with Crippen LogP contribution in [-0.2, 0) is 0 Å². The number of nitrogens with two attached hydrogens (primary N) is 2. The van der Waals surface area contributed by atoms with Gasteiger partial charge in [-0.15, -0.1) is 0 Å². The molecule has 0 aromatic carbocycles. The fraction of sp³-hybridized carbons (Fsp3) is 0.500. The van der Waals surface area contributed by atoms with Gasteiger partial charge in [0, 0.05) is 7.05 Å². The summed E-state index contributed by atoms with van der Waals surface area (Å²) >= 11 is 0. The van der Waals surface area contributed by atoms with Gasteiger partial charge in [0.05, 0.1) is 0 Å². The largest absolute Gasteiger partial charge is 0.345 e. The number of amides is 2. The highest BCUT2D eigenvalue weighted by atomic mass is 16.2. The summed E-state index contributed by atoms with van der Waals surface area (Å²) in [7, 11) is 1.39. The number of nitrogens with zero attached hydrogens (tertiary/aromatic N) is 1. The second-order valence-corrected chi connectivity index (χ2v) is 1.06. The van der Waals surface area contributed by atoms with E-state index in [1.165, 1.54) is 7.05 Å².